The Hall–Kier alpha value is -1.13. The van der Waals surface area contributed by atoms with Crippen LogP contribution in [0.25, 0.3) is 0 Å². The summed E-state index contributed by atoms with van der Waals surface area (Å²) in [6.07, 6.45) is 7.75. The number of hydrogen-bond donors (Lipinski definition) is 2. The van der Waals surface area contributed by atoms with Crippen molar-refractivity contribution < 1.29 is 4.79 Å². The van der Waals surface area contributed by atoms with Gasteiger partial charge in [0.25, 0.3) is 5.91 Å². The number of rotatable bonds is 2. The lowest BCUT2D eigenvalue weighted by Gasteiger charge is -2.57. The number of amides is 1. The number of aryl methyl sites for hydroxylation is 1. The lowest BCUT2D eigenvalue weighted by Crippen LogP contribution is -2.61. The van der Waals surface area contributed by atoms with E-state index in [4.69, 9.17) is 23.8 Å². The fourth-order valence-corrected chi connectivity index (χ4v) is 6.14. The van der Waals surface area contributed by atoms with Gasteiger partial charge in [-0.1, -0.05) is 17.7 Å². The summed E-state index contributed by atoms with van der Waals surface area (Å²) in [6.45, 7) is 1.95. The quantitative estimate of drug-likeness (QED) is 0.774. The van der Waals surface area contributed by atoms with Gasteiger partial charge in [-0.15, -0.1) is 0 Å². The summed E-state index contributed by atoms with van der Waals surface area (Å²) < 4.78 is 0. The minimum atomic E-state index is -0.234. The summed E-state index contributed by atoms with van der Waals surface area (Å²) >= 11 is 11.6. The van der Waals surface area contributed by atoms with E-state index in [0.717, 1.165) is 23.3 Å². The van der Waals surface area contributed by atoms with Crippen molar-refractivity contribution in [3.05, 3.63) is 34.3 Å². The topological polar surface area (TPSA) is 41.1 Å². The molecule has 0 unspecified atom stereocenters. The molecule has 128 valence electrons. The second kappa shape index (κ2) is 5.99. The van der Waals surface area contributed by atoms with Crippen molar-refractivity contribution in [2.45, 2.75) is 51.0 Å². The number of hydrogen-bond acceptors (Lipinski definition) is 2. The molecule has 0 heterocycles. The number of halogens is 1. The highest BCUT2D eigenvalue weighted by Crippen LogP contribution is 2.55. The molecule has 3 nitrogen and oxygen atoms in total. The molecule has 0 aromatic heterocycles. The molecule has 1 aromatic carbocycles. The van der Waals surface area contributed by atoms with Crippen molar-refractivity contribution in [1.82, 2.24) is 10.6 Å². The summed E-state index contributed by atoms with van der Waals surface area (Å²) in [4.78, 5) is 12.4. The third-order valence-corrected chi connectivity index (χ3v) is 6.53. The van der Waals surface area contributed by atoms with E-state index in [-0.39, 0.29) is 11.4 Å². The van der Waals surface area contributed by atoms with Gasteiger partial charge < -0.3 is 5.32 Å². The zero-order valence-electron chi connectivity index (χ0n) is 13.9. The van der Waals surface area contributed by atoms with Gasteiger partial charge in [0, 0.05) is 5.54 Å². The zero-order valence-corrected chi connectivity index (χ0v) is 15.5. The van der Waals surface area contributed by atoms with Crippen molar-refractivity contribution in [3.63, 3.8) is 0 Å². The SMILES string of the molecule is Cc1ccc(C(=O)NC(=S)NC23CC4CC(CC(C4)C2)C3)c(Cl)c1. The Labute approximate surface area is 153 Å². The van der Waals surface area contributed by atoms with Crippen LogP contribution in [0.4, 0.5) is 0 Å². The summed E-state index contributed by atoms with van der Waals surface area (Å²) in [7, 11) is 0. The number of carbonyl (C=O) groups is 1. The van der Waals surface area contributed by atoms with E-state index < -0.39 is 0 Å². The van der Waals surface area contributed by atoms with Gasteiger partial charge in [-0.2, -0.15) is 0 Å². The van der Waals surface area contributed by atoms with E-state index in [1.165, 1.54) is 38.5 Å². The Bertz CT molecular complexity index is 667. The molecule has 4 saturated carbocycles. The first kappa shape index (κ1) is 16.3. The van der Waals surface area contributed by atoms with E-state index in [2.05, 4.69) is 10.6 Å². The lowest BCUT2D eigenvalue weighted by atomic mass is 9.53. The van der Waals surface area contributed by atoms with E-state index in [9.17, 15) is 4.79 Å². The van der Waals surface area contributed by atoms with Crippen LogP contribution < -0.4 is 10.6 Å². The van der Waals surface area contributed by atoms with Crippen LogP contribution in [0.15, 0.2) is 18.2 Å². The standard InChI is InChI=1S/C19H23ClN2OS/c1-11-2-3-15(16(20)4-11)17(23)21-18(24)22-19-8-12-5-13(9-19)7-14(6-12)10-19/h2-4,12-14H,5-10H2,1H3,(H2,21,22,23,24). The average molecular weight is 363 g/mol. The third kappa shape index (κ3) is 3.06. The van der Waals surface area contributed by atoms with Crippen LogP contribution in [0.2, 0.25) is 5.02 Å². The van der Waals surface area contributed by atoms with E-state index in [1.807, 2.05) is 13.0 Å². The van der Waals surface area contributed by atoms with E-state index >= 15 is 0 Å². The van der Waals surface area contributed by atoms with Gasteiger partial charge in [0.1, 0.15) is 0 Å². The molecule has 5 heteroatoms. The Kier molecular flexibility index (Phi) is 4.08. The fourth-order valence-electron chi connectivity index (χ4n) is 5.51. The maximum absolute atomic E-state index is 12.4. The van der Waals surface area contributed by atoms with Gasteiger partial charge in [0.05, 0.1) is 10.6 Å². The fraction of sp³-hybridized carbons (Fsp3) is 0.579. The average Bonchev–Trinajstić information content (AvgIpc) is 2.44. The first-order chi connectivity index (χ1) is 11.4. The summed E-state index contributed by atoms with van der Waals surface area (Å²) in [5.74, 6) is 2.29. The highest BCUT2D eigenvalue weighted by Gasteiger charge is 2.51. The summed E-state index contributed by atoms with van der Waals surface area (Å²) in [6, 6.07) is 5.43. The molecule has 0 spiro atoms. The number of nitrogens with one attached hydrogen (secondary N) is 2. The van der Waals surface area contributed by atoms with E-state index in [0.29, 0.717) is 15.7 Å². The molecule has 1 aromatic rings. The van der Waals surface area contributed by atoms with Gasteiger partial charge in [-0.25, -0.2) is 0 Å². The van der Waals surface area contributed by atoms with Gasteiger partial charge in [0.15, 0.2) is 5.11 Å². The minimum Gasteiger partial charge on any atom is -0.357 e. The molecule has 0 aliphatic heterocycles. The molecule has 0 saturated heterocycles. The molecule has 4 fully saturated rings. The maximum Gasteiger partial charge on any atom is 0.258 e. The molecule has 2 N–H and O–H groups in total. The Morgan fingerprint density at radius 1 is 1.17 bits per heavy atom. The molecule has 0 atom stereocenters. The zero-order chi connectivity index (χ0) is 16.9. The van der Waals surface area contributed by atoms with Gasteiger partial charge in [-0.05, 0) is 93.1 Å². The Morgan fingerprint density at radius 3 is 2.29 bits per heavy atom. The highest BCUT2D eigenvalue weighted by atomic mass is 35.5. The van der Waals surface area contributed by atoms with Crippen LogP contribution in [0.1, 0.15) is 54.4 Å². The summed E-state index contributed by atoms with van der Waals surface area (Å²) in [5, 5.41) is 7.25. The van der Waals surface area contributed by atoms with Gasteiger partial charge in [-0.3, -0.25) is 10.1 Å². The van der Waals surface area contributed by atoms with Crippen molar-refractivity contribution in [2.24, 2.45) is 17.8 Å². The smallest absolute Gasteiger partial charge is 0.258 e. The largest absolute Gasteiger partial charge is 0.357 e. The van der Waals surface area contributed by atoms with Crippen LogP contribution in [0.5, 0.6) is 0 Å². The number of thiocarbonyl (C=S) groups is 1. The second-order valence-corrected chi connectivity index (χ2v) is 8.90. The van der Waals surface area contributed by atoms with Crippen LogP contribution in [-0.4, -0.2) is 16.6 Å². The van der Waals surface area contributed by atoms with Crippen molar-refractivity contribution in [2.75, 3.05) is 0 Å². The van der Waals surface area contributed by atoms with Crippen molar-refractivity contribution in [1.29, 1.82) is 0 Å². The molecule has 4 aliphatic carbocycles. The molecule has 1 amide bonds. The molecule has 4 aliphatic rings. The normalized spacial score (nSPS) is 33.3. The molecule has 24 heavy (non-hydrogen) atoms. The monoisotopic (exact) mass is 362 g/mol. The van der Waals surface area contributed by atoms with E-state index in [1.54, 1.807) is 12.1 Å². The van der Waals surface area contributed by atoms with Gasteiger partial charge in [0.2, 0.25) is 0 Å². The third-order valence-electron chi connectivity index (χ3n) is 6.01. The first-order valence-corrected chi connectivity index (χ1v) is 9.61. The molecule has 4 bridgehead atoms. The molecular formula is C19H23ClN2OS. The van der Waals surface area contributed by atoms with Crippen molar-refractivity contribution >= 4 is 34.8 Å². The molecule has 5 rings (SSSR count). The second-order valence-electron chi connectivity index (χ2n) is 8.09. The molecule has 0 radical (unpaired) electrons. The first-order valence-electron chi connectivity index (χ1n) is 8.82. The van der Waals surface area contributed by atoms with Crippen molar-refractivity contribution in [3.8, 4) is 0 Å². The number of carbonyl (C=O) groups excluding carboxylic acids is 1. The van der Waals surface area contributed by atoms with Crippen LogP contribution in [0.3, 0.4) is 0 Å². The lowest BCUT2D eigenvalue weighted by molar-refractivity contribution is -0.0101. The maximum atomic E-state index is 12.4. The molecular weight excluding hydrogens is 340 g/mol. The van der Waals surface area contributed by atoms with Gasteiger partial charge >= 0.3 is 0 Å². The predicted octanol–water partition coefficient (Wildman–Crippen LogP) is 4.22. The van der Waals surface area contributed by atoms with Crippen LogP contribution in [-0.2, 0) is 0 Å². The predicted molar refractivity (Wildman–Crippen MR) is 100 cm³/mol. The highest BCUT2D eigenvalue weighted by molar-refractivity contribution is 7.80. The van der Waals surface area contributed by atoms with Crippen LogP contribution >= 0.6 is 23.8 Å². The Morgan fingerprint density at radius 2 is 1.75 bits per heavy atom. The Balaban J connectivity index is 1.42. The minimum absolute atomic E-state index is 0.107. The van der Waals surface area contributed by atoms with Crippen LogP contribution in [0, 0.1) is 24.7 Å². The number of benzene rings is 1. The summed E-state index contributed by atoms with van der Waals surface area (Å²) in [5.41, 5.74) is 1.61.